The van der Waals surface area contributed by atoms with Crippen molar-refractivity contribution in [2.75, 3.05) is 13.1 Å². The second-order valence-electron chi connectivity index (χ2n) is 5.97. The van der Waals surface area contributed by atoms with Crippen molar-refractivity contribution in [1.82, 2.24) is 4.90 Å². The molecule has 0 aromatic rings. The average Bonchev–Trinajstić information content (AvgIpc) is 2.37. The molecule has 14 heavy (non-hydrogen) atoms. The Morgan fingerprint density at radius 3 is 1.79 bits per heavy atom. The van der Waals surface area contributed by atoms with E-state index in [4.69, 9.17) is 0 Å². The van der Waals surface area contributed by atoms with Crippen LogP contribution in [0.5, 0.6) is 0 Å². The van der Waals surface area contributed by atoms with Crippen LogP contribution in [0.3, 0.4) is 0 Å². The third-order valence-electron chi connectivity index (χ3n) is 4.44. The minimum Gasteiger partial charge on any atom is -0.300 e. The van der Waals surface area contributed by atoms with E-state index in [0.29, 0.717) is 0 Å². The molecule has 1 heteroatoms. The highest BCUT2D eigenvalue weighted by atomic mass is 15.2. The number of hydrogen-bond donors (Lipinski definition) is 0. The van der Waals surface area contributed by atoms with Gasteiger partial charge in [0.15, 0.2) is 0 Å². The van der Waals surface area contributed by atoms with E-state index in [1.54, 1.807) is 0 Å². The second kappa shape index (κ2) is 3.84. The Morgan fingerprint density at radius 2 is 1.43 bits per heavy atom. The van der Waals surface area contributed by atoms with Crippen LogP contribution in [0.15, 0.2) is 0 Å². The largest absolute Gasteiger partial charge is 0.300 e. The normalized spacial score (nSPS) is 38.6. The lowest BCUT2D eigenvalue weighted by atomic mass is 9.77. The van der Waals surface area contributed by atoms with Gasteiger partial charge in [0.1, 0.15) is 0 Å². The maximum atomic E-state index is 2.70. The summed E-state index contributed by atoms with van der Waals surface area (Å²) in [6.07, 6.45) is 2.99. The molecule has 0 amide bonds. The molecular weight excluding hydrogens is 170 g/mol. The lowest BCUT2D eigenvalue weighted by Crippen LogP contribution is -2.46. The number of likely N-dealkylation sites (tertiary alicyclic amines) is 1. The summed E-state index contributed by atoms with van der Waals surface area (Å²) in [5, 5.41) is 0. The first kappa shape index (κ1) is 10.5. The Bertz CT molecular complexity index is 183. The van der Waals surface area contributed by atoms with Crippen molar-refractivity contribution in [3.05, 3.63) is 0 Å². The Kier molecular flexibility index (Phi) is 2.88. The van der Waals surface area contributed by atoms with Gasteiger partial charge in [-0.1, -0.05) is 13.8 Å². The average molecular weight is 195 g/mol. The zero-order valence-electron chi connectivity index (χ0n) is 10.2. The molecule has 0 aromatic carbocycles. The lowest BCUT2D eigenvalue weighted by Gasteiger charge is -2.41. The molecule has 2 bridgehead atoms. The SMILES string of the molecule is CC(C)C1C2CCC1CN(C(C)C)C2. The van der Waals surface area contributed by atoms with Crippen molar-refractivity contribution in [2.24, 2.45) is 23.7 Å². The van der Waals surface area contributed by atoms with E-state index in [9.17, 15) is 0 Å². The lowest BCUT2D eigenvalue weighted by molar-refractivity contribution is 0.0612. The fraction of sp³-hybridized carbons (Fsp3) is 1.00. The van der Waals surface area contributed by atoms with Crippen LogP contribution in [0.1, 0.15) is 40.5 Å². The molecule has 2 aliphatic rings. The Labute approximate surface area is 88.9 Å². The fourth-order valence-electron chi connectivity index (χ4n) is 3.81. The number of fused-ring (bicyclic) bond motifs is 2. The highest BCUT2D eigenvalue weighted by Crippen LogP contribution is 2.45. The summed E-state index contributed by atoms with van der Waals surface area (Å²) >= 11 is 0. The molecule has 2 unspecified atom stereocenters. The molecule has 1 nitrogen and oxygen atoms in total. The van der Waals surface area contributed by atoms with E-state index >= 15 is 0 Å². The second-order valence-corrected chi connectivity index (χ2v) is 5.97. The molecule has 0 radical (unpaired) electrons. The molecule has 2 atom stereocenters. The van der Waals surface area contributed by atoms with Gasteiger partial charge in [0.25, 0.3) is 0 Å². The van der Waals surface area contributed by atoms with Gasteiger partial charge in [-0.2, -0.15) is 0 Å². The summed E-state index contributed by atoms with van der Waals surface area (Å²) in [7, 11) is 0. The summed E-state index contributed by atoms with van der Waals surface area (Å²) in [5.41, 5.74) is 0. The third-order valence-corrected chi connectivity index (χ3v) is 4.44. The van der Waals surface area contributed by atoms with E-state index in [-0.39, 0.29) is 0 Å². The van der Waals surface area contributed by atoms with E-state index in [0.717, 1.165) is 29.7 Å². The van der Waals surface area contributed by atoms with Gasteiger partial charge < -0.3 is 4.90 Å². The van der Waals surface area contributed by atoms with Crippen LogP contribution in [0.4, 0.5) is 0 Å². The molecule has 1 aliphatic heterocycles. The van der Waals surface area contributed by atoms with Crippen molar-refractivity contribution in [3.8, 4) is 0 Å². The predicted molar refractivity (Wildman–Crippen MR) is 61.3 cm³/mol. The van der Waals surface area contributed by atoms with E-state index in [1.165, 1.54) is 25.9 Å². The monoisotopic (exact) mass is 195 g/mol. The van der Waals surface area contributed by atoms with Gasteiger partial charge in [-0.3, -0.25) is 0 Å². The summed E-state index contributed by atoms with van der Waals surface area (Å²) in [6.45, 7) is 12.3. The molecule has 1 saturated carbocycles. The van der Waals surface area contributed by atoms with Crippen LogP contribution in [-0.2, 0) is 0 Å². The van der Waals surface area contributed by atoms with E-state index < -0.39 is 0 Å². The van der Waals surface area contributed by atoms with Crippen molar-refractivity contribution in [3.63, 3.8) is 0 Å². The standard InChI is InChI=1S/C13H25N/c1-9(2)13-11-5-6-12(13)8-14(7-11)10(3)4/h9-13H,5-8H2,1-4H3. The van der Waals surface area contributed by atoms with Crippen molar-refractivity contribution in [1.29, 1.82) is 0 Å². The maximum Gasteiger partial charge on any atom is 0.00388 e. The quantitative estimate of drug-likeness (QED) is 0.654. The van der Waals surface area contributed by atoms with Crippen LogP contribution in [0, 0.1) is 23.7 Å². The highest BCUT2D eigenvalue weighted by molar-refractivity contribution is 4.94. The van der Waals surface area contributed by atoms with Gasteiger partial charge in [-0.15, -0.1) is 0 Å². The molecule has 2 rings (SSSR count). The van der Waals surface area contributed by atoms with Crippen LogP contribution < -0.4 is 0 Å². The van der Waals surface area contributed by atoms with Crippen molar-refractivity contribution < 1.29 is 0 Å². The number of nitrogens with zero attached hydrogens (tertiary/aromatic N) is 1. The summed E-state index contributed by atoms with van der Waals surface area (Å²) in [5.74, 6) is 3.96. The third kappa shape index (κ3) is 1.71. The topological polar surface area (TPSA) is 3.24 Å². The minimum atomic E-state index is 0.756. The van der Waals surface area contributed by atoms with Crippen molar-refractivity contribution >= 4 is 0 Å². The van der Waals surface area contributed by atoms with Crippen LogP contribution >= 0.6 is 0 Å². The molecule has 1 aliphatic carbocycles. The molecule has 2 fully saturated rings. The number of rotatable bonds is 2. The summed E-state index contributed by atoms with van der Waals surface area (Å²) in [6, 6.07) is 0.756. The fourth-order valence-corrected chi connectivity index (χ4v) is 3.81. The number of piperidine rings is 1. The van der Waals surface area contributed by atoms with Gasteiger partial charge in [0, 0.05) is 19.1 Å². The first-order valence-electron chi connectivity index (χ1n) is 6.33. The smallest absolute Gasteiger partial charge is 0.00388 e. The predicted octanol–water partition coefficient (Wildman–Crippen LogP) is 3.01. The molecule has 0 N–H and O–H groups in total. The van der Waals surface area contributed by atoms with Gasteiger partial charge in [0.05, 0.1) is 0 Å². The van der Waals surface area contributed by atoms with Crippen molar-refractivity contribution in [2.45, 2.75) is 46.6 Å². The first-order chi connectivity index (χ1) is 6.59. The van der Waals surface area contributed by atoms with E-state index in [1.807, 2.05) is 0 Å². The van der Waals surface area contributed by atoms with Crippen LogP contribution in [0.25, 0.3) is 0 Å². The van der Waals surface area contributed by atoms with Gasteiger partial charge in [-0.25, -0.2) is 0 Å². The Morgan fingerprint density at radius 1 is 0.929 bits per heavy atom. The highest BCUT2D eigenvalue weighted by Gasteiger charge is 2.43. The van der Waals surface area contributed by atoms with Crippen LogP contribution in [-0.4, -0.2) is 24.0 Å². The van der Waals surface area contributed by atoms with Gasteiger partial charge in [-0.05, 0) is 50.4 Å². The molecule has 1 saturated heterocycles. The molecule has 82 valence electrons. The van der Waals surface area contributed by atoms with E-state index in [2.05, 4.69) is 32.6 Å². The Hall–Kier alpha value is -0.0400. The molecule has 1 heterocycles. The molecule has 0 spiro atoms. The van der Waals surface area contributed by atoms with Crippen LogP contribution in [0.2, 0.25) is 0 Å². The van der Waals surface area contributed by atoms with Gasteiger partial charge in [0.2, 0.25) is 0 Å². The summed E-state index contributed by atoms with van der Waals surface area (Å²) < 4.78 is 0. The zero-order chi connectivity index (χ0) is 10.3. The zero-order valence-corrected chi connectivity index (χ0v) is 10.2. The summed E-state index contributed by atoms with van der Waals surface area (Å²) in [4.78, 5) is 2.70. The minimum absolute atomic E-state index is 0.756. The maximum absolute atomic E-state index is 2.70. The van der Waals surface area contributed by atoms with Gasteiger partial charge >= 0.3 is 0 Å². The molecule has 0 aromatic heterocycles. The Balaban J connectivity index is 2.05. The molecular formula is C13H25N. The first-order valence-corrected chi connectivity index (χ1v) is 6.33. The number of hydrogen-bond acceptors (Lipinski definition) is 1.